The second-order valence-electron chi connectivity index (χ2n) is 3.83. The first kappa shape index (κ1) is 13.3. The fourth-order valence-corrected chi connectivity index (χ4v) is 1.56. The molecule has 0 radical (unpaired) electrons. The molecule has 2 N–H and O–H groups in total. The zero-order chi connectivity index (χ0) is 12.5. The van der Waals surface area contributed by atoms with Crippen LogP contribution in [0.4, 0.5) is 4.79 Å². The van der Waals surface area contributed by atoms with Gasteiger partial charge >= 0.3 is 6.09 Å². The average molecular weight is 233 g/mol. The molecule has 0 spiro atoms. The van der Waals surface area contributed by atoms with Crippen LogP contribution in [-0.2, 0) is 4.74 Å². The van der Waals surface area contributed by atoms with E-state index in [4.69, 9.17) is 10.5 Å². The molecule has 0 saturated heterocycles. The van der Waals surface area contributed by atoms with Crippen molar-refractivity contribution in [2.75, 3.05) is 0 Å². The van der Waals surface area contributed by atoms with Crippen molar-refractivity contribution in [1.29, 1.82) is 0 Å². The highest BCUT2D eigenvalue weighted by molar-refractivity contribution is 5.65. The smallest absolute Gasteiger partial charge is 0.405 e. The van der Waals surface area contributed by atoms with Crippen LogP contribution in [0.1, 0.15) is 37.9 Å². The van der Waals surface area contributed by atoms with Crippen molar-refractivity contribution in [2.24, 2.45) is 5.73 Å². The highest BCUT2D eigenvalue weighted by Gasteiger charge is 2.12. The summed E-state index contributed by atoms with van der Waals surface area (Å²) >= 11 is 0. The third-order valence-corrected chi connectivity index (χ3v) is 2.40. The van der Waals surface area contributed by atoms with E-state index in [9.17, 15) is 4.79 Å². The first-order valence-electron chi connectivity index (χ1n) is 5.90. The van der Waals surface area contributed by atoms with E-state index in [1.54, 1.807) is 0 Å². The maximum Gasteiger partial charge on any atom is 0.405 e. The molecule has 17 heavy (non-hydrogen) atoms. The molecule has 92 valence electrons. The number of hydrogen-bond acceptors (Lipinski definition) is 2. The van der Waals surface area contributed by atoms with E-state index < -0.39 is 6.09 Å². The number of allylic oxidation sites excluding steroid dienone is 1. The van der Waals surface area contributed by atoms with Gasteiger partial charge in [-0.1, -0.05) is 55.8 Å². The maximum atomic E-state index is 10.8. The highest BCUT2D eigenvalue weighted by atomic mass is 16.6. The summed E-state index contributed by atoms with van der Waals surface area (Å²) < 4.78 is 5.10. The van der Waals surface area contributed by atoms with Gasteiger partial charge in [-0.15, -0.1) is 0 Å². The Labute approximate surface area is 102 Å². The topological polar surface area (TPSA) is 52.3 Å². The number of hydrogen-bond donors (Lipinski definition) is 1. The number of benzene rings is 1. The van der Waals surface area contributed by atoms with Gasteiger partial charge in [-0.2, -0.15) is 0 Å². The Morgan fingerprint density at radius 2 is 2.06 bits per heavy atom. The van der Waals surface area contributed by atoms with Crippen LogP contribution in [0.15, 0.2) is 42.5 Å². The summed E-state index contributed by atoms with van der Waals surface area (Å²) in [5.41, 5.74) is 6.04. The summed E-state index contributed by atoms with van der Waals surface area (Å²) in [6.45, 7) is 2.12. The number of carbonyl (C=O) groups is 1. The molecule has 0 aromatic heterocycles. The van der Waals surface area contributed by atoms with Gasteiger partial charge in [0.05, 0.1) is 0 Å². The maximum absolute atomic E-state index is 10.8. The Morgan fingerprint density at radius 1 is 1.35 bits per heavy atom. The average Bonchev–Trinajstić information content (AvgIpc) is 2.34. The van der Waals surface area contributed by atoms with Gasteiger partial charge < -0.3 is 10.5 Å². The number of ether oxygens (including phenoxy) is 1. The van der Waals surface area contributed by atoms with Gasteiger partial charge in [0.2, 0.25) is 0 Å². The summed E-state index contributed by atoms with van der Waals surface area (Å²) in [5.74, 6) is 0. The zero-order valence-corrected chi connectivity index (χ0v) is 10.1. The molecule has 3 nitrogen and oxygen atoms in total. The van der Waals surface area contributed by atoms with Gasteiger partial charge in [0.25, 0.3) is 0 Å². The van der Waals surface area contributed by atoms with Crippen molar-refractivity contribution >= 4 is 6.09 Å². The predicted molar refractivity (Wildman–Crippen MR) is 68.5 cm³/mol. The standard InChI is InChI=1S/C14H19NO2/c1-2-3-4-8-11-13(17-14(15)16)12-9-6-5-7-10-12/h4-10,13H,2-3,11H2,1H3,(H2,15,16). The lowest BCUT2D eigenvalue weighted by Gasteiger charge is -2.15. The summed E-state index contributed by atoms with van der Waals surface area (Å²) in [5, 5.41) is 0. The quantitative estimate of drug-likeness (QED) is 0.764. The largest absolute Gasteiger partial charge is 0.441 e. The van der Waals surface area contributed by atoms with Crippen LogP contribution < -0.4 is 5.73 Å². The van der Waals surface area contributed by atoms with Crippen LogP contribution >= 0.6 is 0 Å². The van der Waals surface area contributed by atoms with E-state index in [-0.39, 0.29) is 6.10 Å². The minimum atomic E-state index is -0.734. The highest BCUT2D eigenvalue weighted by Crippen LogP contribution is 2.21. The molecule has 0 aliphatic heterocycles. The molecule has 0 aliphatic rings. The molecular weight excluding hydrogens is 214 g/mol. The summed E-state index contributed by atoms with van der Waals surface area (Å²) in [6, 6.07) is 9.63. The first-order valence-corrected chi connectivity index (χ1v) is 5.90. The molecule has 1 atom stereocenters. The lowest BCUT2D eigenvalue weighted by molar-refractivity contribution is 0.108. The molecule has 0 saturated carbocycles. The second kappa shape index (κ2) is 7.49. The molecule has 1 aromatic rings. The summed E-state index contributed by atoms with van der Waals surface area (Å²) in [6.07, 6.45) is 5.92. The van der Waals surface area contributed by atoms with Crippen LogP contribution in [0.3, 0.4) is 0 Å². The molecule has 0 aliphatic carbocycles. The van der Waals surface area contributed by atoms with E-state index in [2.05, 4.69) is 13.0 Å². The van der Waals surface area contributed by atoms with Gasteiger partial charge in [-0.25, -0.2) is 4.79 Å². The van der Waals surface area contributed by atoms with Crippen molar-refractivity contribution in [2.45, 2.75) is 32.3 Å². The minimum absolute atomic E-state index is 0.290. The van der Waals surface area contributed by atoms with Crippen LogP contribution in [-0.4, -0.2) is 6.09 Å². The second-order valence-corrected chi connectivity index (χ2v) is 3.83. The zero-order valence-electron chi connectivity index (χ0n) is 10.1. The van der Waals surface area contributed by atoms with Crippen molar-refractivity contribution in [3.05, 3.63) is 48.0 Å². The monoisotopic (exact) mass is 233 g/mol. The molecule has 3 heteroatoms. The van der Waals surface area contributed by atoms with Gasteiger partial charge in [0, 0.05) is 6.42 Å². The summed E-state index contributed by atoms with van der Waals surface area (Å²) in [7, 11) is 0. The molecule has 0 fully saturated rings. The molecule has 1 amide bonds. The van der Waals surface area contributed by atoms with Gasteiger partial charge in [-0.3, -0.25) is 0 Å². The van der Waals surface area contributed by atoms with Gasteiger partial charge in [0.15, 0.2) is 0 Å². The fraction of sp³-hybridized carbons (Fsp3) is 0.357. The number of primary amides is 1. The Kier molecular flexibility index (Phi) is 5.86. The molecule has 1 aromatic carbocycles. The molecular formula is C14H19NO2. The van der Waals surface area contributed by atoms with E-state index in [0.29, 0.717) is 6.42 Å². The Hall–Kier alpha value is -1.77. The van der Waals surface area contributed by atoms with E-state index in [1.807, 2.05) is 36.4 Å². The minimum Gasteiger partial charge on any atom is -0.441 e. The normalized spacial score (nSPS) is 12.5. The van der Waals surface area contributed by atoms with Crippen LogP contribution in [0.25, 0.3) is 0 Å². The Morgan fingerprint density at radius 3 is 2.65 bits per heavy atom. The van der Waals surface area contributed by atoms with Crippen LogP contribution in [0, 0.1) is 0 Å². The molecule has 0 bridgehead atoms. The van der Waals surface area contributed by atoms with E-state index in [1.165, 1.54) is 0 Å². The molecule has 1 rings (SSSR count). The van der Waals surface area contributed by atoms with Crippen LogP contribution in [0.2, 0.25) is 0 Å². The van der Waals surface area contributed by atoms with E-state index >= 15 is 0 Å². The number of nitrogens with two attached hydrogens (primary N) is 1. The lowest BCUT2D eigenvalue weighted by Crippen LogP contribution is -2.17. The van der Waals surface area contributed by atoms with Crippen LogP contribution in [0.5, 0.6) is 0 Å². The lowest BCUT2D eigenvalue weighted by atomic mass is 10.1. The van der Waals surface area contributed by atoms with Gasteiger partial charge in [0.1, 0.15) is 6.10 Å². The van der Waals surface area contributed by atoms with Crippen molar-refractivity contribution in [3.8, 4) is 0 Å². The number of amides is 1. The number of rotatable bonds is 6. The fourth-order valence-electron chi connectivity index (χ4n) is 1.56. The third kappa shape index (κ3) is 5.20. The summed E-state index contributed by atoms with van der Waals surface area (Å²) in [4.78, 5) is 10.8. The third-order valence-electron chi connectivity index (χ3n) is 2.40. The first-order chi connectivity index (χ1) is 8.24. The molecule has 1 unspecified atom stereocenters. The number of unbranched alkanes of at least 4 members (excludes halogenated alkanes) is 1. The van der Waals surface area contributed by atoms with Gasteiger partial charge in [-0.05, 0) is 12.0 Å². The molecule has 0 heterocycles. The number of carbonyl (C=O) groups excluding carboxylic acids is 1. The van der Waals surface area contributed by atoms with Crippen molar-refractivity contribution in [3.63, 3.8) is 0 Å². The van der Waals surface area contributed by atoms with Crippen molar-refractivity contribution < 1.29 is 9.53 Å². The Bertz CT molecular complexity index is 360. The Balaban J connectivity index is 2.64. The van der Waals surface area contributed by atoms with Crippen molar-refractivity contribution in [1.82, 2.24) is 0 Å². The van der Waals surface area contributed by atoms with E-state index in [0.717, 1.165) is 18.4 Å². The SMILES string of the molecule is CCCC=CCC(OC(N)=O)c1ccccc1. The predicted octanol–water partition coefficient (Wildman–Crippen LogP) is 3.57.